The molecular formula is C15H23N3O2. The Bertz CT molecular complexity index is 489. The van der Waals surface area contributed by atoms with Crippen molar-refractivity contribution in [3.05, 3.63) is 17.7 Å². The smallest absolute Gasteiger partial charge is 0.312 e. The van der Waals surface area contributed by atoms with Crippen molar-refractivity contribution in [1.29, 1.82) is 0 Å². The minimum atomic E-state index is -0.711. The molecule has 0 bridgehead atoms. The van der Waals surface area contributed by atoms with Crippen molar-refractivity contribution in [2.75, 3.05) is 20.1 Å². The van der Waals surface area contributed by atoms with Crippen LogP contribution in [-0.4, -0.2) is 45.7 Å². The molecule has 0 aromatic carbocycles. The molecule has 110 valence electrons. The van der Waals surface area contributed by atoms with Crippen LogP contribution in [0.3, 0.4) is 0 Å². The van der Waals surface area contributed by atoms with Crippen molar-refractivity contribution in [2.24, 2.45) is 5.92 Å². The van der Waals surface area contributed by atoms with Crippen molar-refractivity contribution in [3.8, 4) is 0 Å². The van der Waals surface area contributed by atoms with E-state index in [9.17, 15) is 9.90 Å². The van der Waals surface area contributed by atoms with Crippen LogP contribution in [0.1, 0.15) is 43.1 Å². The molecule has 1 unspecified atom stereocenters. The first kappa shape index (κ1) is 13.6. The minimum absolute atomic E-state index is 0.359. The Labute approximate surface area is 119 Å². The normalized spacial score (nSPS) is 24.6. The predicted octanol–water partition coefficient (Wildman–Crippen LogP) is 1.73. The number of aliphatic carboxylic acids is 1. The maximum Gasteiger partial charge on any atom is 0.312 e. The van der Waals surface area contributed by atoms with Crippen LogP contribution < -0.4 is 0 Å². The first-order chi connectivity index (χ1) is 9.65. The van der Waals surface area contributed by atoms with Gasteiger partial charge in [-0.1, -0.05) is 0 Å². The van der Waals surface area contributed by atoms with E-state index in [2.05, 4.69) is 21.5 Å². The summed E-state index contributed by atoms with van der Waals surface area (Å²) in [7, 11) is 2.17. The number of likely N-dealkylation sites (tertiary alicyclic amines) is 1. The van der Waals surface area contributed by atoms with Gasteiger partial charge in [-0.15, -0.1) is 0 Å². The van der Waals surface area contributed by atoms with Gasteiger partial charge in [0.05, 0.1) is 11.6 Å². The molecule has 3 rings (SSSR count). The maximum absolute atomic E-state index is 11.3. The van der Waals surface area contributed by atoms with Crippen LogP contribution in [0.4, 0.5) is 0 Å². The van der Waals surface area contributed by atoms with Crippen molar-refractivity contribution in [1.82, 2.24) is 14.5 Å². The minimum Gasteiger partial charge on any atom is -0.481 e. The summed E-state index contributed by atoms with van der Waals surface area (Å²) in [6.07, 6.45) is 6.93. The predicted molar refractivity (Wildman–Crippen MR) is 75.8 cm³/mol. The molecule has 3 heterocycles. The van der Waals surface area contributed by atoms with E-state index in [1.807, 2.05) is 0 Å². The van der Waals surface area contributed by atoms with Gasteiger partial charge in [-0.2, -0.15) is 0 Å². The average molecular weight is 277 g/mol. The number of hydrogen-bond acceptors (Lipinski definition) is 3. The van der Waals surface area contributed by atoms with Gasteiger partial charge in [-0.25, -0.2) is 4.98 Å². The first-order valence-corrected chi connectivity index (χ1v) is 7.61. The van der Waals surface area contributed by atoms with E-state index < -0.39 is 5.97 Å². The molecule has 5 nitrogen and oxygen atoms in total. The Hall–Kier alpha value is -1.36. The van der Waals surface area contributed by atoms with E-state index in [0.29, 0.717) is 5.92 Å². The topological polar surface area (TPSA) is 58.4 Å². The Morgan fingerprint density at radius 1 is 1.35 bits per heavy atom. The molecule has 1 atom stereocenters. The molecule has 1 fully saturated rings. The highest BCUT2D eigenvalue weighted by Gasteiger charge is 2.29. The fourth-order valence-electron chi connectivity index (χ4n) is 3.50. The number of carboxylic acids is 1. The van der Waals surface area contributed by atoms with Crippen molar-refractivity contribution in [3.63, 3.8) is 0 Å². The van der Waals surface area contributed by atoms with E-state index in [1.165, 1.54) is 12.8 Å². The van der Waals surface area contributed by atoms with Crippen LogP contribution in [0.15, 0.2) is 6.20 Å². The number of nitrogens with zero attached hydrogens (tertiary/aromatic N) is 3. The van der Waals surface area contributed by atoms with Gasteiger partial charge >= 0.3 is 5.97 Å². The summed E-state index contributed by atoms with van der Waals surface area (Å²) < 4.78 is 2.17. The lowest BCUT2D eigenvalue weighted by Crippen LogP contribution is -2.31. The molecule has 0 amide bonds. The number of carbonyl (C=O) groups is 1. The molecule has 2 aliphatic heterocycles. The number of carboxylic acid groups (broad SMARTS) is 1. The zero-order valence-corrected chi connectivity index (χ0v) is 12.1. The van der Waals surface area contributed by atoms with Gasteiger partial charge in [0.15, 0.2) is 0 Å². The second-order valence-corrected chi connectivity index (χ2v) is 6.23. The molecule has 5 heteroatoms. The van der Waals surface area contributed by atoms with Gasteiger partial charge < -0.3 is 14.6 Å². The van der Waals surface area contributed by atoms with Crippen LogP contribution in [0.2, 0.25) is 0 Å². The van der Waals surface area contributed by atoms with Gasteiger partial charge in [0.1, 0.15) is 5.82 Å². The molecular weight excluding hydrogens is 254 g/mol. The Morgan fingerprint density at radius 2 is 2.10 bits per heavy atom. The van der Waals surface area contributed by atoms with E-state index >= 15 is 0 Å². The van der Waals surface area contributed by atoms with Crippen LogP contribution in [0, 0.1) is 5.92 Å². The zero-order valence-electron chi connectivity index (χ0n) is 12.1. The average Bonchev–Trinajstić information content (AvgIpc) is 2.84. The van der Waals surface area contributed by atoms with Crippen molar-refractivity contribution < 1.29 is 9.90 Å². The summed E-state index contributed by atoms with van der Waals surface area (Å²) >= 11 is 0. The van der Waals surface area contributed by atoms with Crippen LogP contribution in [-0.2, 0) is 17.8 Å². The highest BCUT2D eigenvalue weighted by atomic mass is 16.4. The van der Waals surface area contributed by atoms with Crippen LogP contribution in [0.25, 0.3) is 0 Å². The van der Waals surface area contributed by atoms with Crippen LogP contribution in [0.5, 0.6) is 0 Å². The third-order valence-electron chi connectivity index (χ3n) is 4.81. The third kappa shape index (κ3) is 2.59. The Kier molecular flexibility index (Phi) is 3.78. The molecule has 1 N–H and O–H groups in total. The Morgan fingerprint density at radius 3 is 2.80 bits per heavy atom. The number of hydrogen-bond donors (Lipinski definition) is 1. The van der Waals surface area contributed by atoms with Crippen molar-refractivity contribution in [2.45, 2.75) is 44.6 Å². The lowest BCUT2D eigenvalue weighted by molar-refractivity contribution is -0.139. The summed E-state index contributed by atoms with van der Waals surface area (Å²) in [5.74, 6) is 0.725. The number of fused-ring (bicyclic) bond motifs is 1. The Balaban J connectivity index is 1.74. The molecule has 20 heavy (non-hydrogen) atoms. The van der Waals surface area contributed by atoms with Gasteiger partial charge in [0.2, 0.25) is 0 Å². The van der Waals surface area contributed by atoms with E-state index in [4.69, 9.17) is 0 Å². The summed E-state index contributed by atoms with van der Waals surface area (Å²) in [5.41, 5.74) is 0.909. The molecule has 1 saturated heterocycles. The number of rotatable bonds is 3. The number of piperidine rings is 1. The molecule has 1 aromatic rings. The standard InChI is InChI=1S/C15H23N3O2/c1-17-7-4-11(5-8-17)9-14-16-10-13-12(15(19)20)3-2-6-18(13)14/h10-12H,2-9H2,1H3,(H,19,20). The fourth-order valence-corrected chi connectivity index (χ4v) is 3.50. The van der Waals surface area contributed by atoms with Gasteiger partial charge in [0, 0.05) is 19.2 Å². The third-order valence-corrected chi connectivity index (χ3v) is 4.81. The van der Waals surface area contributed by atoms with Crippen LogP contribution >= 0.6 is 0 Å². The molecule has 0 spiro atoms. The summed E-state index contributed by atoms with van der Waals surface area (Å²) in [4.78, 5) is 18.2. The molecule has 0 radical (unpaired) electrons. The maximum atomic E-state index is 11.3. The zero-order chi connectivity index (χ0) is 14.1. The number of aromatic nitrogens is 2. The summed E-state index contributed by atoms with van der Waals surface area (Å²) in [5, 5.41) is 9.30. The number of imidazole rings is 1. The lowest BCUT2D eigenvalue weighted by Gasteiger charge is -2.29. The largest absolute Gasteiger partial charge is 0.481 e. The lowest BCUT2D eigenvalue weighted by atomic mass is 9.93. The van der Waals surface area contributed by atoms with E-state index in [-0.39, 0.29) is 5.92 Å². The van der Waals surface area contributed by atoms with E-state index in [1.54, 1.807) is 6.20 Å². The highest BCUT2D eigenvalue weighted by molar-refractivity contribution is 5.75. The van der Waals surface area contributed by atoms with Gasteiger partial charge in [0.25, 0.3) is 0 Å². The molecule has 2 aliphatic rings. The summed E-state index contributed by atoms with van der Waals surface area (Å²) in [6, 6.07) is 0. The molecule has 1 aromatic heterocycles. The van der Waals surface area contributed by atoms with Gasteiger partial charge in [-0.05, 0) is 51.7 Å². The van der Waals surface area contributed by atoms with Gasteiger partial charge in [-0.3, -0.25) is 4.79 Å². The first-order valence-electron chi connectivity index (χ1n) is 7.61. The summed E-state index contributed by atoms with van der Waals surface area (Å²) in [6.45, 7) is 3.26. The molecule has 0 saturated carbocycles. The van der Waals surface area contributed by atoms with Crippen molar-refractivity contribution >= 4 is 5.97 Å². The second kappa shape index (κ2) is 5.56. The molecule has 0 aliphatic carbocycles. The monoisotopic (exact) mass is 277 g/mol. The van der Waals surface area contributed by atoms with E-state index in [0.717, 1.165) is 50.4 Å². The highest BCUT2D eigenvalue weighted by Crippen LogP contribution is 2.30. The second-order valence-electron chi connectivity index (χ2n) is 6.23. The SMILES string of the molecule is CN1CCC(Cc2ncc3n2CCCC3C(=O)O)CC1. The fraction of sp³-hybridized carbons (Fsp3) is 0.733. The quantitative estimate of drug-likeness (QED) is 0.914.